The maximum absolute atomic E-state index is 13.3. The lowest BCUT2D eigenvalue weighted by molar-refractivity contribution is -0.144. The van der Waals surface area contributed by atoms with Gasteiger partial charge in [0.1, 0.15) is 5.82 Å². The molecule has 0 N–H and O–H groups in total. The normalized spacial score (nSPS) is 17.5. The van der Waals surface area contributed by atoms with Crippen molar-refractivity contribution < 1.29 is 13.9 Å². The van der Waals surface area contributed by atoms with Crippen LogP contribution in [0.25, 0.3) is 0 Å². The van der Waals surface area contributed by atoms with Crippen LogP contribution >= 0.6 is 0 Å². The van der Waals surface area contributed by atoms with Gasteiger partial charge in [-0.3, -0.25) is 4.79 Å². The summed E-state index contributed by atoms with van der Waals surface area (Å²) < 4.78 is 18.7. The molecule has 0 radical (unpaired) electrons. The monoisotopic (exact) mass is 292 g/mol. The molecule has 0 heterocycles. The van der Waals surface area contributed by atoms with E-state index in [-0.39, 0.29) is 17.7 Å². The van der Waals surface area contributed by atoms with Crippen LogP contribution in [0.2, 0.25) is 0 Å². The van der Waals surface area contributed by atoms with E-state index in [1.807, 2.05) is 13.0 Å². The van der Waals surface area contributed by atoms with Gasteiger partial charge in [-0.25, -0.2) is 4.39 Å². The van der Waals surface area contributed by atoms with Gasteiger partial charge in [0, 0.05) is 12.3 Å². The Morgan fingerprint density at radius 2 is 2.05 bits per heavy atom. The van der Waals surface area contributed by atoms with Gasteiger partial charge in [-0.05, 0) is 48.9 Å². The second-order valence-electron chi connectivity index (χ2n) is 6.04. The summed E-state index contributed by atoms with van der Waals surface area (Å²) in [5.41, 5.74) is 2.09. The van der Waals surface area contributed by atoms with Gasteiger partial charge in [-0.2, -0.15) is 0 Å². The molecule has 1 saturated carbocycles. The molecule has 1 atom stereocenters. The minimum absolute atomic E-state index is 0.157. The van der Waals surface area contributed by atoms with E-state index in [9.17, 15) is 9.18 Å². The van der Waals surface area contributed by atoms with Gasteiger partial charge in [-0.15, -0.1) is 0 Å². The number of rotatable bonds is 5. The van der Waals surface area contributed by atoms with Crippen LogP contribution in [0.15, 0.2) is 18.2 Å². The minimum Gasteiger partial charge on any atom is -0.465 e. The highest BCUT2D eigenvalue weighted by Gasteiger charge is 2.27. The summed E-state index contributed by atoms with van der Waals surface area (Å²) in [5, 5.41) is 0. The first-order valence-corrected chi connectivity index (χ1v) is 8.03. The van der Waals surface area contributed by atoms with Crippen LogP contribution in [0, 0.1) is 18.7 Å². The fraction of sp³-hybridized carbons (Fsp3) is 0.611. The van der Waals surface area contributed by atoms with E-state index in [1.165, 1.54) is 38.2 Å². The molecule has 1 fully saturated rings. The third-order valence-electron chi connectivity index (χ3n) is 4.56. The molecule has 0 unspecified atom stereocenters. The predicted molar refractivity (Wildman–Crippen MR) is 81.7 cm³/mol. The molecule has 1 aliphatic carbocycles. The number of hydrogen-bond donors (Lipinski definition) is 0. The average molecular weight is 292 g/mol. The molecule has 0 aliphatic heterocycles. The van der Waals surface area contributed by atoms with Crippen LogP contribution in [0.3, 0.4) is 0 Å². The number of aryl methyl sites for hydroxylation is 1. The largest absolute Gasteiger partial charge is 0.465 e. The SMILES string of the molecule is CCC(=O)OC[C@H](c1ccc(F)cc1C)C1CCCCC1. The first-order valence-electron chi connectivity index (χ1n) is 8.03. The zero-order chi connectivity index (χ0) is 15.2. The highest BCUT2D eigenvalue weighted by molar-refractivity contribution is 5.68. The Morgan fingerprint density at radius 1 is 1.33 bits per heavy atom. The van der Waals surface area contributed by atoms with Crippen molar-refractivity contribution in [3.8, 4) is 0 Å². The molecule has 1 aliphatic rings. The van der Waals surface area contributed by atoms with Crippen molar-refractivity contribution in [2.24, 2.45) is 5.92 Å². The molecule has 2 nitrogen and oxygen atoms in total. The third kappa shape index (κ3) is 4.29. The Hall–Kier alpha value is -1.38. The van der Waals surface area contributed by atoms with Crippen LogP contribution in [0.5, 0.6) is 0 Å². The van der Waals surface area contributed by atoms with Gasteiger partial charge >= 0.3 is 5.97 Å². The van der Waals surface area contributed by atoms with Gasteiger partial charge in [-0.1, -0.05) is 32.3 Å². The fourth-order valence-corrected chi connectivity index (χ4v) is 3.36. The van der Waals surface area contributed by atoms with Crippen LogP contribution in [-0.2, 0) is 9.53 Å². The number of benzene rings is 1. The molecule has 0 saturated heterocycles. The molecule has 0 amide bonds. The lowest BCUT2D eigenvalue weighted by Gasteiger charge is -2.31. The summed E-state index contributed by atoms with van der Waals surface area (Å²) >= 11 is 0. The van der Waals surface area contributed by atoms with E-state index in [2.05, 4.69) is 0 Å². The van der Waals surface area contributed by atoms with E-state index in [4.69, 9.17) is 4.74 Å². The van der Waals surface area contributed by atoms with Crippen molar-refractivity contribution in [1.29, 1.82) is 0 Å². The Morgan fingerprint density at radius 3 is 2.67 bits per heavy atom. The number of esters is 1. The Bertz CT molecular complexity index is 478. The van der Waals surface area contributed by atoms with Crippen molar-refractivity contribution >= 4 is 5.97 Å². The molecule has 1 aromatic carbocycles. The van der Waals surface area contributed by atoms with Gasteiger partial charge in [0.2, 0.25) is 0 Å². The third-order valence-corrected chi connectivity index (χ3v) is 4.56. The molecular weight excluding hydrogens is 267 g/mol. The Labute approximate surface area is 126 Å². The van der Waals surface area contributed by atoms with Crippen molar-refractivity contribution in [2.75, 3.05) is 6.61 Å². The standard InChI is InChI=1S/C18H25FO2/c1-3-18(20)21-12-17(14-7-5-4-6-8-14)16-10-9-15(19)11-13(16)2/h9-11,14,17H,3-8,12H2,1-2H3/t17-/m0/s1. The number of hydrogen-bond acceptors (Lipinski definition) is 2. The first kappa shape index (κ1) is 16.0. The molecule has 116 valence electrons. The van der Waals surface area contributed by atoms with E-state index < -0.39 is 0 Å². The maximum Gasteiger partial charge on any atom is 0.305 e. The quantitative estimate of drug-likeness (QED) is 0.732. The zero-order valence-corrected chi connectivity index (χ0v) is 13.0. The smallest absolute Gasteiger partial charge is 0.305 e. The van der Waals surface area contributed by atoms with Gasteiger partial charge in [0.15, 0.2) is 0 Å². The average Bonchev–Trinajstić information content (AvgIpc) is 2.50. The van der Waals surface area contributed by atoms with Gasteiger partial charge in [0.05, 0.1) is 6.61 Å². The zero-order valence-electron chi connectivity index (χ0n) is 13.0. The summed E-state index contributed by atoms with van der Waals surface area (Å²) in [6, 6.07) is 4.95. The molecule has 0 bridgehead atoms. The number of carbonyl (C=O) groups is 1. The summed E-state index contributed by atoms with van der Waals surface area (Å²) in [6.45, 7) is 4.17. The highest BCUT2D eigenvalue weighted by atomic mass is 19.1. The van der Waals surface area contributed by atoms with E-state index in [0.29, 0.717) is 18.9 Å². The van der Waals surface area contributed by atoms with Gasteiger partial charge < -0.3 is 4.74 Å². The van der Waals surface area contributed by atoms with Crippen molar-refractivity contribution in [3.63, 3.8) is 0 Å². The van der Waals surface area contributed by atoms with Crippen LogP contribution < -0.4 is 0 Å². The molecule has 2 rings (SSSR count). The van der Waals surface area contributed by atoms with Crippen molar-refractivity contribution in [3.05, 3.63) is 35.1 Å². The molecule has 3 heteroatoms. The van der Waals surface area contributed by atoms with Gasteiger partial charge in [0.25, 0.3) is 0 Å². The number of carbonyl (C=O) groups excluding carboxylic acids is 1. The number of halogens is 1. The summed E-state index contributed by atoms with van der Waals surface area (Å²) in [4.78, 5) is 11.5. The lowest BCUT2D eigenvalue weighted by atomic mass is 9.76. The topological polar surface area (TPSA) is 26.3 Å². The molecule has 21 heavy (non-hydrogen) atoms. The van der Waals surface area contributed by atoms with E-state index in [0.717, 1.165) is 11.1 Å². The second kappa shape index (κ2) is 7.58. The Kier molecular flexibility index (Phi) is 5.77. The van der Waals surface area contributed by atoms with Crippen LogP contribution in [-0.4, -0.2) is 12.6 Å². The van der Waals surface area contributed by atoms with E-state index >= 15 is 0 Å². The van der Waals surface area contributed by atoms with Crippen molar-refractivity contribution in [2.45, 2.75) is 58.3 Å². The van der Waals surface area contributed by atoms with E-state index in [1.54, 1.807) is 13.0 Å². The maximum atomic E-state index is 13.3. The molecular formula is C18H25FO2. The second-order valence-corrected chi connectivity index (χ2v) is 6.04. The first-order chi connectivity index (χ1) is 10.1. The molecule has 0 aromatic heterocycles. The molecule has 0 spiro atoms. The number of ether oxygens (including phenoxy) is 1. The molecule has 1 aromatic rings. The predicted octanol–water partition coefficient (Wildman–Crippen LogP) is 4.75. The Balaban J connectivity index is 2.19. The summed E-state index contributed by atoms with van der Waals surface area (Å²) in [7, 11) is 0. The van der Waals surface area contributed by atoms with Crippen molar-refractivity contribution in [1.82, 2.24) is 0 Å². The highest BCUT2D eigenvalue weighted by Crippen LogP contribution is 2.37. The summed E-state index contributed by atoms with van der Waals surface area (Å²) in [5.74, 6) is 0.369. The van der Waals surface area contributed by atoms with Crippen LogP contribution in [0.1, 0.15) is 62.5 Å². The summed E-state index contributed by atoms with van der Waals surface area (Å²) in [6.07, 6.45) is 6.52. The lowest BCUT2D eigenvalue weighted by Crippen LogP contribution is -2.23. The van der Waals surface area contributed by atoms with Crippen LogP contribution in [0.4, 0.5) is 4.39 Å². The fourth-order valence-electron chi connectivity index (χ4n) is 3.36. The minimum atomic E-state index is -0.204.